The number of hydrogen-bond donors (Lipinski definition) is 0. The Morgan fingerprint density at radius 3 is 2.29 bits per heavy atom. The third-order valence-corrected chi connectivity index (χ3v) is 7.26. The van der Waals surface area contributed by atoms with Crippen LogP contribution in [0.15, 0.2) is 52.8 Å². The van der Waals surface area contributed by atoms with E-state index in [9.17, 15) is 10.1 Å². The maximum absolute atomic E-state index is 11.1. The molecule has 1 aliphatic carbocycles. The lowest BCUT2D eigenvalue weighted by Crippen LogP contribution is -2.22. The van der Waals surface area contributed by atoms with E-state index >= 15 is 0 Å². The first-order valence-corrected chi connectivity index (χ1v) is 12.1. The number of nitrogens with zero attached hydrogens (tertiary/aromatic N) is 3. The van der Waals surface area contributed by atoms with Gasteiger partial charge in [0.2, 0.25) is 0 Å². The number of benzene rings is 2. The molecule has 0 amide bonds. The molecule has 0 unspecified atom stereocenters. The predicted octanol–water partition coefficient (Wildman–Crippen LogP) is 7.95. The molecule has 2 aromatic carbocycles. The molecule has 31 heavy (non-hydrogen) atoms. The Balaban J connectivity index is 1.82. The van der Waals surface area contributed by atoms with Crippen molar-refractivity contribution < 1.29 is 4.92 Å². The first-order valence-electron chi connectivity index (χ1n) is 10.5. The van der Waals surface area contributed by atoms with Gasteiger partial charge in [0, 0.05) is 23.6 Å². The molecule has 3 aromatic rings. The van der Waals surface area contributed by atoms with E-state index in [1.165, 1.54) is 32.1 Å². The number of aromatic nitrogens is 1. The topological polar surface area (TPSA) is 60.4 Å². The molecule has 162 valence electrons. The smallest absolute Gasteiger partial charge is 0.269 e. The van der Waals surface area contributed by atoms with E-state index in [4.69, 9.17) is 28.2 Å². The van der Waals surface area contributed by atoms with Crippen LogP contribution in [-0.2, 0) is 0 Å². The number of nitro groups is 1. The molecule has 1 fully saturated rings. The average Bonchev–Trinajstić information content (AvgIpc) is 3.14. The third kappa shape index (κ3) is 5.20. The lowest BCUT2D eigenvalue weighted by molar-refractivity contribution is -0.384. The van der Waals surface area contributed by atoms with Gasteiger partial charge in [0.05, 0.1) is 26.3 Å². The Kier molecular flexibility index (Phi) is 7.10. The number of rotatable bonds is 4. The number of nitro benzene ring substituents is 1. The van der Waals surface area contributed by atoms with Gasteiger partial charge in [-0.15, -0.1) is 11.3 Å². The van der Waals surface area contributed by atoms with Gasteiger partial charge < -0.3 is 4.57 Å². The lowest BCUT2D eigenvalue weighted by Gasteiger charge is -2.23. The van der Waals surface area contributed by atoms with Crippen LogP contribution in [0.3, 0.4) is 0 Å². The van der Waals surface area contributed by atoms with Gasteiger partial charge >= 0.3 is 0 Å². The van der Waals surface area contributed by atoms with Gasteiger partial charge in [-0.2, -0.15) is 0 Å². The van der Waals surface area contributed by atoms with Crippen LogP contribution in [0.1, 0.15) is 51.0 Å². The molecule has 4 rings (SSSR count). The van der Waals surface area contributed by atoms with E-state index in [-0.39, 0.29) is 10.6 Å². The maximum Gasteiger partial charge on any atom is 0.269 e. The zero-order valence-electron chi connectivity index (χ0n) is 17.0. The maximum atomic E-state index is 11.1. The zero-order chi connectivity index (χ0) is 21.8. The molecule has 5 nitrogen and oxygen atoms in total. The van der Waals surface area contributed by atoms with Crippen LogP contribution in [0.4, 0.5) is 11.4 Å². The zero-order valence-corrected chi connectivity index (χ0v) is 19.3. The first-order chi connectivity index (χ1) is 15.0. The predicted molar refractivity (Wildman–Crippen MR) is 127 cm³/mol. The van der Waals surface area contributed by atoms with Gasteiger partial charge in [-0.3, -0.25) is 10.1 Å². The van der Waals surface area contributed by atoms with E-state index < -0.39 is 0 Å². The van der Waals surface area contributed by atoms with Gasteiger partial charge in [0.25, 0.3) is 5.69 Å². The third-order valence-electron chi connectivity index (χ3n) is 5.68. The summed E-state index contributed by atoms with van der Waals surface area (Å²) in [5, 5.41) is 14.1. The van der Waals surface area contributed by atoms with Crippen molar-refractivity contribution in [1.82, 2.24) is 4.57 Å². The van der Waals surface area contributed by atoms with Crippen molar-refractivity contribution in [1.29, 1.82) is 0 Å². The van der Waals surface area contributed by atoms with Gasteiger partial charge in [-0.05, 0) is 48.7 Å². The van der Waals surface area contributed by atoms with Crippen molar-refractivity contribution in [3.63, 3.8) is 0 Å². The second-order valence-electron chi connectivity index (χ2n) is 7.79. The minimum absolute atomic E-state index is 0.0946. The molecule has 0 N–H and O–H groups in total. The molecule has 1 aliphatic rings. The highest BCUT2D eigenvalue weighted by Crippen LogP contribution is 2.32. The van der Waals surface area contributed by atoms with Crippen LogP contribution in [0.2, 0.25) is 10.0 Å². The molecule has 0 aliphatic heterocycles. The Morgan fingerprint density at radius 1 is 0.968 bits per heavy atom. The van der Waals surface area contributed by atoms with Gasteiger partial charge in [-0.25, -0.2) is 4.99 Å². The van der Waals surface area contributed by atoms with Crippen LogP contribution in [0.5, 0.6) is 0 Å². The number of thiazole rings is 1. The number of non-ortho nitro benzene ring substituents is 1. The summed E-state index contributed by atoms with van der Waals surface area (Å²) in [4.78, 5) is 16.5. The van der Waals surface area contributed by atoms with Crippen LogP contribution >= 0.6 is 34.5 Å². The molecule has 0 saturated heterocycles. The molecule has 0 spiro atoms. The van der Waals surface area contributed by atoms with Crippen molar-refractivity contribution >= 4 is 45.9 Å². The Hall–Kier alpha value is -2.15. The van der Waals surface area contributed by atoms with Crippen LogP contribution in [0, 0.1) is 10.1 Å². The molecule has 0 atom stereocenters. The van der Waals surface area contributed by atoms with Crippen molar-refractivity contribution in [2.45, 2.75) is 51.0 Å². The summed E-state index contributed by atoms with van der Waals surface area (Å²) >= 11 is 13.8. The normalized spacial score (nSPS) is 16.1. The molecule has 1 saturated carbocycles. The van der Waals surface area contributed by atoms with Crippen molar-refractivity contribution in [3.05, 3.63) is 72.8 Å². The molecule has 1 aromatic heterocycles. The number of hydrogen-bond acceptors (Lipinski definition) is 4. The summed E-state index contributed by atoms with van der Waals surface area (Å²) in [7, 11) is 0. The molecule has 8 heteroatoms. The van der Waals surface area contributed by atoms with E-state index in [1.807, 2.05) is 18.2 Å². The van der Waals surface area contributed by atoms with Gasteiger partial charge in [-0.1, -0.05) is 55.3 Å². The van der Waals surface area contributed by atoms with E-state index in [0.29, 0.717) is 16.1 Å². The van der Waals surface area contributed by atoms with Gasteiger partial charge in [0.1, 0.15) is 0 Å². The number of halogens is 2. The SMILES string of the molecule is O=[N+]([O-])c1ccc(-c2csc(=Nc3ccc(Cl)c(Cl)c3)n2C2CCCCCCC2)cc1. The Morgan fingerprint density at radius 2 is 1.65 bits per heavy atom. The van der Waals surface area contributed by atoms with Crippen LogP contribution < -0.4 is 4.80 Å². The van der Waals surface area contributed by atoms with Crippen molar-refractivity contribution in [2.24, 2.45) is 4.99 Å². The Bertz CT molecular complexity index is 1130. The second-order valence-corrected chi connectivity index (χ2v) is 9.44. The minimum atomic E-state index is -0.370. The molecular formula is C23H23Cl2N3O2S. The summed E-state index contributed by atoms with van der Waals surface area (Å²) in [6, 6.07) is 12.5. The fraction of sp³-hybridized carbons (Fsp3) is 0.348. The summed E-state index contributed by atoms with van der Waals surface area (Å²) in [5.41, 5.74) is 2.85. The van der Waals surface area contributed by atoms with E-state index in [0.717, 1.165) is 34.6 Å². The van der Waals surface area contributed by atoms with Crippen molar-refractivity contribution in [2.75, 3.05) is 0 Å². The fourth-order valence-electron chi connectivity index (χ4n) is 4.08. The highest BCUT2D eigenvalue weighted by molar-refractivity contribution is 7.07. The molecule has 0 bridgehead atoms. The lowest BCUT2D eigenvalue weighted by atomic mass is 9.96. The second kappa shape index (κ2) is 9.98. The van der Waals surface area contributed by atoms with E-state index in [1.54, 1.807) is 35.6 Å². The first kappa shape index (κ1) is 22.1. The standard InChI is InChI=1S/C23H23Cl2N3O2S/c24-20-13-10-17(14-21(20)25)26-23-27(18-6-4-2-1-3-5-7-18)22(15-31-23)16-8-11-19(12-9-16)28(29)30/h8-15,18H,1-7H2. The largest absolute Gasteiger partial charge is 0.313 e. The quantitative estimate of drug-likeness (QED) is 0.283. The van der Waals surface area contributed by atoms with Crippen LogP contribution in [-0.4, -0.2) is 9.49 Å². The monoisotopic (exact) mass is 475 g/mol. The summed E-state index contributed by atoms with van der Waals surface area (Å²) < 4.78 is 2.32. The highest BCUT2D eigenvalue weighted by atomic mass is 35.5. The molecular weight excluding hydrogens is 453 g/mol. The fourth-order valence-corrected chi connectivity index (χ4v) is 5.36. The van der Waals surface area contributed by atoms with Crippen LogP contribution in [0.25, 0.3) is 11.3 Å². The highest BCUT2D eigenvalue weighted by Gasteiger charge is 2.19. The summed E-state index contributed by atoms with van der Waals surface area (Å²) in [6.45, 7) is 0. The summed E-state index contributed by atoms with van der Waals surface area (Å²) in [5.74, 6) is 0. The Labute approximate surface area is 195 Å². The van der Waals surface area contributed by atoms with Gasteiger partial charge in [0.15, 0.2) is 4.80 Å². The average molecular weight is 476 g/mol. The minimum Gasteiger partial charge on any atom is -0.313 e. The van der Waals surface area contributed by atoms with E-state index in [2.05, 4.69) is 9.95 Å². The van der Waals surface area contributed by atoms with Crippen molar-refractivity contribution in [3.8, 4) is 11.3 Å². The summed E-state index contributed by atoms with van der Waals surface area (Å²) in [6.07, 6.45) is 8.41. The molecule has 1 heterocycles. The molecule has 0 radical (unpaired) electrons.